The fourth-order valence-electron chi connectivity index (χ4n) is 4.37. The third-order valence-electron chi connectivity index (χ3n) is 8.09. The zero-order chi connectivity index (χ0) is 28.3. The molecule has 0 aromatic rings. The van der Waals surface area contributed by atoms with E-state index in [4.69, 9.17) is 13.9 Å². The van der Waals surface area contributed by atoms with Crippen molar-refractivity contribution < 1.29 is 23.5 Å². The first kappa shape index (κ1) is 34.7. The van der Waals surface area contributed by atoms with Gasteiger partial charge in [-0.25, -0.2) is 0 Å². The molecule has 0 aromatic carbocycles. The quantitative estimate of drug-likeness (QED) is 0.116. The average Bonchev–Trinajstić information content (AvgIpc) is 2.82. The molecule has 0 rings (SSSR count). The SMILES string of the molecule is C=C[C@H](C)[C@H](O[Si](C)(C)C(C)(C)C)[C@@H](C)[C@@H](OC)[C@@H](C)CCC(=O)[C@H](C)[C@@H](C/C=C/N(C)C=O)OC. The van der Waals surface area contributed by atoms with Crippen molar-refractivity contribution in [1.82, 2.24) is 4.90 Å². The number of ether oxygens (including phenoxy) is 2. The topological polar surface area (TPSA) is 65.1 Å². The Morgan fingerprint density at radius 2 is 1.64 bits per heavy atom. The minimum atomic E-state index is -1.99. The molecule has 0 saturated carbocycles. The lowest BCUT2D eigenvalue weighted by molar-refractivity contribution is -0.127. The van der Waals surface area contributed by atoms with Gasteiger partial charge in [0.1, 0.15) is 5.78 Å². The van der Waals surface area contributed by atoms with Gasteiger partial charge in [-0.3, -0.25) is 9.59 Å². The molecule has 0 saturated heterocycles. The molecule has 0 bridgehead atoms. The van der Waals surface area contributed by atoms with Crippen LogP contribution in [0.1, 0.15) is 67.7 Å². The number of rotatable bonds is 18. The van der Waals surface area contributed by atoms with Gasteiger partial charge in [-0.1, -0.05) is 60.6 Å². The highest BCUT2D eigenvalue weighted by Gasteiger charge is 2.43. The van der Waals surface area contributed by atoms with Crippen molar-refractivity contribution in [3.8, 4) is 0 Å². The maximum atomic E-state index is 13.0. The van der Waals surface area contributed by atoms with Crippen LogP contribution in [-0.2, 0) is 23.5 Å². The minimum absolute atomic E-state index is 0.000396. The van der Waals surface area contributed by atoms with Gasteiger partial charge in [0.25, 0.3) is 0 Å². The summed E-state index contributed by atoms with van der Waals surface area (Å²) in [6, 6.07) is 0. The Morgan fingerprint density at radius 1 is 1.06 bits per heavy atom. The molecule has 0 unspecified atom stereocenters. The summed E-state index contributed by atoms with van der Waals surface area (Å²) in [6.45, 7) is 23.8. The first-order valence-electron chi connectivity index (χ1n) is 13.3. The molecule has 0 aliphatic rings. The Hall–Kier alpha value is -1.28. The van der Waals surface area contributed by atoms with Gasteiger partial charge >= 0.3 is 0 Å². The second kappa shape index (κ2) is 15.9. The molecule has 0 N–H and O–H groups in total. The normalized spacial score (nSPS) is 18.7. The van der Waals surface area contributed by atoms with E-state index in [9.17, 15) is 9.59 Å². The van der Waals surface area contributed by atoms with Crippen LogP contribution in [0.4, 0.5) is 0 Å². The Bertz CT molecular complexity index is 702. The van der Waals surface area contributed by atoms with Gasteiger partial charge in [0.15, 0.2) is 8.32 Å². The second-order valence-corrected chi connectivity index (χ2v) is 16.7. The van der Waals surface area contributed by atoms with Crippen molar-refractivity contribution in [3.63, 3.8) is 0 Å². The van der Waals surface area contributed by atoms with E-state index < -0.39 is 8.32 Å². The predicted molar refractivity (Wildman–Crippen MR) is 152 cm³/mol. The van der Waals surface area contributed by atoms with Gasteiger partial charge in [0.2, 0.25) is 6.41 Å². The molecular formula is C29H55NO5Si. The standard InChI is InChI=1S/C29H55NO5Si/c1-14-21(2)28(35-36(12,13)29(6,7)8)24(5)27(34-11)22(3)17-18-25(32)23(4)26(33-10)16-15-19-30(9)20-31/h14-15,19-24,26-28H,1,16-18H2,2-13H3/b19-15+/t21-,22-,23-,24-,26+,27-,28-/m0/s1. The van der Waals surface area contributed by atoms with Crippen molar-refractivity contribution in [2.24, 2.45) is 23.7 Å². The van der Waals surface area contributed by atoms with Crippen LogP contribution in [0.15, 0.2) is 24.9 Å². The van der Waals surface area contributed by atoms with E-state index >= 15 is 0 Å². The maximum Gasteiger partial charge on any atom is 0.213 e. The lowest BCUT2D eigenvalue weighted by Crippen LogP contribution is -2.50. The molecule has 0 radical (unpaired) electrons. The number of carbonyl (C=O) groups is 2. The van der Waals surface area contributed by atoms with Gasteiger partial charge in [-0.05, 0) is 42.8 Å². The van der Waals surface area contributed by atoms with Crippen LogP contribution in [0.2, 0.25) is 18.1 Å². The average molecular weight is 526 g/mol. The summed E-state index contributed by atoms with van der Waals surface area (Å²) in [5, 5.41) is 0.109. The van der Waals surface area contributed by atoms with Gasteiger partial charge < -0.3 is 18.8 Å². The highest BCUT2D eigenvalue weighted by molar-refractivity contribution is 6.74. The Labute approximate surface area is 223 Å². The highest BCUT2D eigenvalue weighted by atomic mass is 28.4. The molecule has 1 amide bonds. The van der Waals surface area contributed by atoms with E-state index in [0.717, 1.165) is 12.8 Å². The first-order chi connectivity index (χ1) is 16.6. The van der Waals surface area contributed by atoms with Gasteiger partial charge in [-0.2, -0.15) is 0 Å². The predicted octanol–water partition coefficient (Wildman–Crippen LogP) is 6.48. The first-order valence-corrected chi connectivity index (χ1v) is 16.2. The molecule has 7 atom stereocenters. The van der Waals surface area contributed by atoms with E-state index in [1.165, 1.54) is 4.90 Å². The number of carbonyl (C=O) groups excluding carboxylic acids is 2. The minimum Gasteiger partial charge on any atom is -0.413 e. The van der Waals surface area contributed by atoms with Gasteiger partial charge in [-0.15, -0.1) is 6.58 Å². The number of hydrogen-bond donors (Lipinski definition) is 0. The van der Waals surface area contributed by atoms with Crippen LogP contribution in [0.5, 0.6) is 0 Å². The van der Waals surface area contributed by atoms with Crippen molar-refractivity contribution in [2.75, 3.05) is 21.3 Å². The lowest BCUT2D eigenvalue weighted by Gasteiger charge is -2.44. The van der Waals surface area contributed by atoms with Crippen molar-refractivity contribution >= 4 is 20.5 Å². The molecule has 0 spiro atoms. The summed E-state index contributed by atoms with van der Waals surface area (Å²) >= 11 is 0. The number of amides is 1. The Balaban J connectivity index is 5.35. The summed E-state index contributed by atoms with van der Waals surface area (Å²) in [5.74, 6) is 0.468. The third kappa shape index (κ3) is 10.6. The summed E-state index contributed by atoms with van der Waals surface area (Å²) < 4.78 is 18.5. The second-order valence-electron chi connectivity index (χ2n) is 11.9. The Morgan fingerprint density at radius 3 is 2.08 bits per heavy atom. The van der Waals surface area contributed by atoms with Crippen LogP contribution in [-0.4, -0.2) is 65.0 Å². The number of hydrogen-bond acceptors (Lipinski definition) is 5. The molecule has 7 heteroatoms. The summed E-state index contributed by atoms with van der Waals surface area (Å²) in [7, 11) is 3.06. The van der Waals surface area contributed by atoms with Crippen LogP contribution < -0.4 is 0 Å². The smallest absolute Gasteiger partial charge is 0.213 e. The van der Waals surface area contributed by atoms with Crippen LogP contribution in [0.3, 0.4) is 0 Å². The molecule has 0 aliphatic carbocycles. The number of ketones is 1. The van der Waals surface area contributed by atoms with E-state index in [1.54, 1.807) is 27.5 Å². The zero-order valence-corrected chi connectivity index (χ0v) is 26.2. The van der Waals surface area contributed by atoms with Crippen LogP contribution in [0.25, 0.3) is 0 Å². The van der Waals surface area contributed by atoms with Gasteiger partial charge in [0, 0.05) is 45.7 Å². The molecule has 210 valence electrons. The Kier molecular flexibility index (Phi) is 15.3. The molecule has 0 heterocycles. The largest absolute Gasteiger partial charge is 0.413 e. The van der Waals surface area contributed by atoms with Gasteiger partial charge in [0.05, 0.1) is 18.3 Å². The molecule has 6 nitrogen and oxygen atoms in total. The van der Waals surface area contributed by atoms with Crippen molar-refractivity contribution in [1.29, 1.82) is 0 Å². The summed E-state index contributed by atoms with van der Waals surface area (Å²) in [6.07, 6.45) is 7.78. The van der Waals surface area contributed by atoms with Crippen LogP contribution in [0, 0.1) is 23.7 Å². The summed E-state index contributed by atoms with van der Waals surface area (Å²) in [4.78, 5) is 25.2. The van der Waals surface area contributed by atoms with Crippen molar-refractivity contribution in [2.45, 2.75) is 104 Å². The maximum absolute atomic E-state index is 13.0. The fraction of sp³-hybridized carbons (Fsp3) is 0.793. The number of nitrogens with zero attached hydrogens (tertiary/aromatic N) is 1. The zero-order valence-electron chi connectivity index (χ0n) is 25.2. The molecule has 36 heavy (non-hydrogen) atoms. The van der Waals surface area contributed by atoms with E-state index in [1.807, 2.05) is 19.1 Å². The van der Waals surface area contributed by atoms with E-state index in [0.29, 0.717) is 12.8 Å². The number of methoxy groups -OCH3 is 2. The number of Topliss-reactive ketones (excluding diaryl/α,β-unsaturated/α-hetero) is 1. The monoisotopic (exact) mass is 525 g/mol. The molecule has 0 aliphatic heterocycles. The van der Waals surface area contributed by atoms with Crippen LogP contribution >= 0.6 is 0 Å². The molecule has 0 fully saturated rings. The van der Waals surface area contributed by atoms with E-state index in [2.05, 4.69) is 61.2 Å². The highest BCUT2D eigenvalue weighted by Crippen LogP contribution is 2.40. The fourth-order valence-corrected chi connectivity index (χ4v) is 5.83. The lowest BCUT2D eigenvalue weighted by atomic mass is 9.81. The summed E-state index contributed by atoms with van der Waals surface area (Å²) in [5.41, 5.74) is 0. The molecular weight excluding hydrogens is 470 g/mol. The van der Waals surface area contributed by atoms with Crippen molar-refractivity contribution in [3.05, 3.63) is 24.9 Å². The third-order valence-corrected chi connectivity index (χ3v) is 12.6. The molecule has 0 aromatic heterocycles. The van der Waals surface area contributed by atoms with E-state index in [-0.39, 0.29) is 52.8 Å².